The lowest BCUT2D eigenvalue weighted by molar-refractivity contribution is -0.117. The summed E-state index contributed by atoms with van der Waals surface area (Å²) in [5, 5.41) is 8.09. The molecule has 1 N–H and O–H groups in total. The molecular formula is C19H26N4O2. The largest absolute Gasteiger partial charge is 0.481 e. The molecule has 25 heavy (non-hydrogen) atoms. The van der Waals surface area contributed by atoms with Crippen LogP contribution >= 0.6 is 0 Å². The minimum atomic E-state index is 0.123. The lowest BCUT2D eigenvalue weighted by atomic mass is 10.1. The van der Waals surface area contributed by atoms with E-state index in [-0.39, 0.29) is 11.9 Å². The van der Waals surface area contributed by atoms with Crippen molar-refractivity contribution in [3.8, 4) is 5.88 Å². The van der Waals surface area contributed by atoms with Gasteiger partial charge in [0.15, 0.2) is 0 Å². The zero-order valence-electron chi connectivity index (χ0n) is 15.3. The molecule has 6 heteroatoms. The molecule has 1 atom stereocenters. The van der Waals surface area contributed by atoms with Crippen molar-refractivity contribution in [2.45, 2.75) is 38.8 Å². The molecule has 1 saturated heterocycles. The Morgan fingerprint density at radius 1 is 1.32 bits per heavy atom. The molecular weight excluding hydrogens is 316 g/mol. The van der Waals surface area contributed by atoms with Crippen LogP contribution in [0.5, 0.6) is 5.88 Å². The number of amides is 1. The number of nitrogens with zero attached hydrogens (tertiary/aromatic N) is 3. The molecule has 6 nitrogen and oxygen atoms in total. The number of rotatable bonds is 6. The lowest BCUT2D eigenvalue weighted by Gasteiger charge is -2.17. The van der Waals surface area contributed by atoms with Gasteiger partial charge in [0.2, 0.25) is 11.8 Å². The van der Waals surface area contributed by atoms with E-state index in [0.29, 0.717) is 25.4 Å². The highest BCUT2D eigenvalue weighted by Crippen LogP contribution is 2.28. The quantitative estimate of drug-likeness (QED) is 0.876. The second-order valence-electron chi connectivity index (χ2n) is 6.77. The summed E-state index contributed by atoms with van der Waals surface area (Å²) in [6.45, 7) is 5.58. The van der Waals surface area contributed by atoms with Gasteiger partial charge in [0.25, 0.3) is 0 Å². The van der Waals surface area contributed by atoms with E-state index < -0.39 is 0 Å². The number of para-hydroxylation sites is 1. The van der Waals surface area contributed by atoms with E-state index in [4.69, 9.17) is 4.74 Å². The summed E-state index contributed by atoms with van der Waals surface area (Å²) in [5.41, 5.74) is 3.07. The Balaban J connectivity index is 1.70. The minimum Gasteiger partial charge on any atom is -0.481 e. The van der Waals surface area contributed by atoms with Gasteiger partial charge in [0.05, 0.1) is 18.4 Å². The normalized spacial score (nSPS) is 17.6. The van der Waals surface area contributed by atoms with Gasteiger partial charge in [-0.3, -0.25) is 4.79 Å². The van der Waals surface area contributed by atoms with Gasteiger partial charge in [-0.1, -0.05) is 32.0 Å². The summed E-state index contributed by atoms with van der Waals surface area (Å²) in [6.07, 6.45) is 0.508. The van der Waals surface area contributed by atoms with Crippen LogP contribution in [0, 0.1) is 0 Å². The van der Waals surface area contributed by atoms with Crippen LogP contribution in [0.3, 0.4) is 0 Å². The van der Waals surface area contributed by atoms with Crippen LogP contribution < -0.4 is 15.0 Å². The zero-order chi connectivity index (χ0) is 18.0. The van der Waals surface area contributed by atoms with Crippen LogP contribution in [0.4, 0.5) is 5.69 Å². The summed E-state index contributed by atoms with van der Waals surface area (Å²) in [7, 11) is 3.56. The maximum Gasteiger partial charge on any atom is 0.228 e. The van der Waals surface area contributed by atoms with Crippen molar-refractivity contribution in [2.75, 3.05) is 18.6 Å². The molecule has 1 amide bonds. The lowest BCUT2D eigenvalue weighted by Crippen LogP contribution is -2.32. The Morgan fingerprint density at radius 3 is 2.68 bits per heavy atom. The maximum absolute atomic E-state index is 12.3. The first-order chi connectivity index (χ1) is 12.0. The van der Waals surface area contributed by atoms with E-state index in [1.807, 2.05) is 42.3 Å². The first-order valence-corrected chi connectivity index (χ1v) is 8.69. The molecule has 0 bridgehead atoms. The highest BCUT2D eigenvalue weighted by atomic mass is 16.5. The number of aryl methyl sites for hydroxylation is 1. The second-order valence-corrected chi connectivity index (χ2v) is 6.77. The smallest absolute Gasteiger partial charge is 0.228 e. The number of nitrogens with one attached hydrogen (secondary N) is 1. The van der Waals surface area contributed by atoms with E-state index in [0.717, 1.165) is 22.8 Å². The molecule has 1 aliphatic heterocycles. The van der Waals surface area contributed by atoms with Gasteiger partial charge in [0, 0.05) is 38.3 Å². The number of aromatic nitrogens is 2. The summed E-state index contributed by atoms with van der Waals surface area (Å²) in [4.78, 5) is 14.2. The van der Waals surface area contributed by atoms with E-state index in [1.165, 1.54) is 0 Å². The summed E-state index contributed by atoms with van der Waals surface area (Å²) in [6, 6.07) is 9.94. The van der Waals surface area contributed by atoms with Crippen LogP contribution in [-0.4, -0.2) is 35.4 Å². The van der Waals surface area contributed by atoms with Crippen molar-refractivity contribution in [1.29, 1.82) is 0 Å². The highest BCUT2D eigenvalue weighted by Gasteiger charge is 2.31. The third kappa shape index (κ3) is 3.54. The second kappa shape index (κ2) is 7.27. The average Bonchev–Trinajstić information content (AvgIpc) is 3.13. The van der Waals surface area contributed by atoms with Crippen molar-refractivity contribution in [2.24, 2.45) is 7.05 Å². The van der Waals surface area contributed by atoms with Crippen molar-refractivity contribution in [3.05, 3.63) is 41.6 Å². The van der Waals surface area contributed by atoms with E-state index in [2.05, 4.69) is 24.3 Å². The molecule has 1 aliphatic rings. The maximum atomic E-state index is 12.3. The summed E-state index contributed by atoms with van der Waals surface area (Å²) >= 11 is 0. The Morgan fingerprint density at radius 2 is 2.04 bits per heavy atom. The molecule has 0 saturated carbocycles. The topological polar surface area (TPSA) is 59.4 Å². The number of methoxy groups -OCH3 is 1. The molecule has 3 rings (SSSR count). The van der Waals surface area contributed by atoms with Crippen molar-refractivity contribution >= 4 is 11.6 Å². The number of carbonyl (C=O) groups is 1. The van der Waals surface area contributed by atoms with Crippen LogP contribution in [0.15, 0.2) is 30.3 Å². The summed E-state index contributed by atoms with van der Waals surface area (Å²) in [5.74, 6) is 1.25. The Kier molecular flexibility index (Phi) is 5.08. The highest BCUT2D eigenvalue weighted by molar-refractivity contribution is 5.96. The average molecular weight is 342 g/mol. The first kappa shape index (κ1) is 17.5. The van der Waals surface area contributed by atoms with Crippen molar-refractivity contribution < 1.29 is 9.53 Å². The summed E-state index contributed by atoms with van der Waals surface area (Å²) < 4.78 is 7.30. The number of carbonyl (C=O) groups excluding carboxylic acids is 1. The van der Waals surface area contributed by atoms with Gasteiger partial charge in [-0.2, -0.15) is 5.10 Å². The fourth-order valence-corrected chi connectivity index (χ4v) is 3.41. The van der Waals surface area contributed by atoms with Crippen molar-refractivity contribution in [1.82, 2.24) is 15.1 Å². The van der Waals surface area contributed by atoms with Crippen LogP contribution in [0.2, 0.25) is 0 Å². The molecule has 1 aromatic carbocycles. The number of benzene rings is 1. The van der Waals surface area contributed by atoms with Gasteiger partial charge < -0.3 is 15.0 Å². The van der Waals surface area contributed by atoms with E-state index in [9.17, 15) is 4.79 Å². The molecule has 0 radical (unpaired) electrons. The van der Waals surface area contributed by atoms with Gasteiger partial charge in [0.1, 0.15) is 0 Å². The van der Waals surface area contributed by atoms with Crippen LogP contribution in [-0.2, 0) is 18.4 Å². The first-order valence-electron chi connectivity index (χ1n) is 8.69. The third-order valence-electron chi connectivity index (χ3n) is 4.62. The number of hydrogen-bond donors (Lipinski definition) is 1. The predicted octanol–water partition coefficient (Wildman–Crippen LogP) is 2.45. The fourth-order valence-electron chi connectivity index (χ4n) is 3.41. The van der Waals surface area contributed by atoms with Gasteiger partial charge in [-0.25, -0.2) is 4.68 Å². The third-order valence-corrected chi connectivity index (χ3v) is 4.62. The number of hydrogen-bond acceptors (Lipinski definition) is 4. The Labute approximate surface area is 148 Å². The predicted molar refractivity (Wildman–Crippen MR) is 97.9 cm³/mol. The van der Waals surface area contributed by atoms with Crippen LogP contribution in [0.1, 0.15) is 37.4 Å². The van der Waals surface area contributed by atoms with Gasteiger partial charge in [-0.15, -0.1) is 0 Å². The Hall–Kier alpha value is -2.34. The minimum absolute atomic E-state index is 0.123. The van der Waals surface area contributed by atoms with E-state index in [1.54, 1.807) is 11.8 Å². The van der Waals surface area contributed by atoms with Crippen molar-refractivity contribution in [3.63, 3.8) is 0 Å². The van der Waals surface area contributed by atoms with Gasteiger partial charge >= 0.3 is 0 Å². The standard InChI is InChI=1S/C19H26N4O2/c1-13(2)18-16(19(25-4)22(3)21-18)11-20-14-10-17(24)23(12-14)15-8-6-5-7-9-15/h5-9,13-14,20H,10-12H2,1-4H3. The van der Waals surface area contributed by atoms with Crippen LogP contribution in [0.25, 0.3) is 0 Å². The monoisotopic (exact) mass is 342 g/mol. The molecule has 134 valence electrons. The SMILES string of the molecule is COc1c(CNC2CC(=O)N(c3ccccc3)C2)c(C(C)C)nn1C. The molecule has 1 aromatic heterocycles. The molecule has 2 aromatic rings. The fraction of sp³-hybridized carbons (Fsp3) is 0.474. The van der Waals surface area contributed by atoms with E-state index >= 15 is 0 Å². The zero-order valence-corrected chi connectivity index (χ0v) is 15.3. The molecule has 2 heterocycles. The number of ether oxygens (including phenoxy) is 1. The Bertz CT molecular complexity index is 739. The van der Waals surface area contributed by atoms with Gasteiger partial charge in [-0.05, 0) is 18.1 Å². The molecule has 0 spiro atoms. The molecule has 1 unspecified atom stereocenters. The number of anilines is 1. The molecule has 0 aliphatic carbocycles. The molecule has 1 fully saturated rings.